The molecule has 0 aromatic carbocycles. The van der Waals surface area contributed by atoms with Gasteiger partial charge in [0.25, 0.3) is 0 Å². The smallest absolute Gasteiger partial charge is 0.223 e. The van der Waals surface area contributed by atoms with Crippen LogP contribution in [0.15, 0.2) is 0 Å². The Hall–Kier alpha value is -0.850. The van der Waals surface area contributed by atoms with Crippen LogP contribution in [0.2, 0.25) is 0 Å². The first-order chi connectivity index (χ1) is 9.39. The average molecular weight is 322 g/mol. The van der Waals surface area contributed by atoms with Crippen molar-refractivity contribution in [1.29, 1.82) is 0 Å². The molecule has 1 unspecified atom stereocenters. The number of amides is 2. The Bertz CT molecular complexity index is 346. The topological polar surface area (TPSA) is 84.7 Å². The lowest BCUT2D eigenvalue weighted by Crippen LogP contribution is -2.55. The van der Waals surface area contributed by atoms with Crippen LogP contribution in [0.1, 0.15) is 33.6 Å². The summed E-state index contributed by atoms with van der Waals surface area (Å²) < 4.78 is 5.20. The molecular weight excluding hydrogens is 294 g/mol. The SMILES string of the molecule is CC(C)C(C)(CN)NC(=O)CCC(=O)N1CCOCC1.Cl. The van der Waals surface area contributed by atoms with Gasteiger partial charge in [0, 0.05) is 32.5 Å². The van der Waals surface area contributed by atoms with Crippen LogP contribution in [0, 0.1) is 5.92 Å². The van der Waals surface area contributed by atoms with Crippen LogP contribution >= 0.6 is 12.4 Å². The Labute approximate surface area is 133 Å². The van der Waals surface area contributed by atoms with Gasteiger partial charge < -0.3 is 20.7 Å². The van der Waals surface area contributed by atoms with Crippen molar-refractivity contribution in [1.82, 2.24) is 10.2 Å². The van der Waals surface area contributed by atoms with Gasteiger partial charge in [-0.1, -0.05) is 13.8 Å². The molecule has 3 N–H and O–H groups in total. The van der Waals surface area contributed by atoms with E-state index in [0.717, 1.165) is 0 Å². The first-order valence-corrected chi connectivity index (χ1v) is 7.25. The molecule has 1 fully saturated rings. The second kappa shape index (κ2) is 9.23. The molecule has 0 aromatic heterocycles. The number of rotatable bonds is 6. The number of carbonyl (C=O) groups is 2. The number of morpholine rings is 1. The number of nitrogens with zero attached hydrogens (tertiary/aromatic N) is 1. The minimum absolute atomic E-state index is 0. The lowest BCUT2D eigenvalue weighted by Gasteiger charge is -2.33. The molecule has 0 bridgehead atoms. The number of nitrogens with one attached hydrogen (secondary N) is 1. The summed E-state index contributed by atoms with van der Waals surface area (Å²) in [6.07, 6.45) is 0.448. The van der Waals surface area contributed by atoms with Crippen molar-refractivity contribution in [2.75, 3.05) is 32.8 Å². The summed E-state index contributed by atoms with van der Waals surface area (Å²) in [5, 5.41) is 2.94. The Morgan fingerprint density at radius 1 is 1.29 bits per heavy atom. The number of hydrogen-bond donors (Lipinski definition) is 2. The molecule has 1 rings (SSSR count). The van der Waals surface area contributed by atoms with E-state index in [9.17, 15) is 9.59 Å². The highest BCUT2D eigenvalue weighted by Gasteiger charge is 2.28. The van der Waals surface area contributed by atoms with Gasteiger partial charge in [-0.05, 0) is 12.8 Å². The molecule has 7 heteroatoms. The second-order valence-corrected chi connectivity index (χ2v) is 5.82. The van der Waals surface area contributed by atoms with Crippen LogP contribution < -0.4 is 11.1 Å². The summed E-state index contributed by atoms with van der Waals surface area (Å²) in [4.78, 5) is 25.6. The van der Waals surface area contributed by atoms with E-state index in [4.69, 9.17) is 10.5 Å². The number of carbonyl (C=O) groups excluding carboxylic acids is 2. The van der Waals surface area contributed by atoms with Crippen molar-refractivity contribution >= 4 is 24.2 Å². The van der Waals surface area contributed by atoms with Gasteiger partial charge in [0.05, 0.1) is 18.8 Å². The molecule has 124 valence electrons. The molecule has 0 aliphatic carbocycles. The highest BCUT2D eigenvalue weighted by Crippen LogP contribution is 2.15. The fourth-order valence-corrected chi connectivity index (χ4v) is 2.00. The molecule has 1 heterocycles. The lowest BCUT2D eigenvalue weighted by atomic mass is 9.88. The van der Waals surface area contributed by atoms with E-state index >= 15 is 0 Å². The molecule has 0 saturated carbocycles. The van der Waals surface area contributed by atoms with Gasteiger partial charge in [-0.3, -0.25) is 9.59 Å². The molecule has 1 atom stereocenters. The first-order valence-electron chi connectivity index (χ1n) is 7.25. The molecule has 1 saturated heterocycles. The maximum atomic E-state index is 11.9. The summed E-state index contributed by atoms with van der Waals surface area (Å²) in [5.74, 6) is 0.141. The van der Waals surface area contributed by atoms with E-state index in [0.29, 0.717) is 32.8 Å². The highest BCUT2D eigenvalue weighted by atomic mass is 35.5. The third kappa shape index (κ3) is 6.20. The summed E-state index contributed by atoms with van der Waals surface area (Å²) in [6.45, 7) is 8.75. The zero-order chi connectivity index (χ0) is 15.2. The molecular formula is C14H28ClN3O3. The predicted octanol–water partition coefficient (Wildman–Crippen LogP) is 0.537. The zero-order valence-electron chi connectivity index (χ0n) is 13.2. The molecule has 0 aromatic rings. The Balaban J connectivity index is 0.00000400. The minimum atomic E-state index is -0.418. The third-order valence-electron chi connectivity index (χ3n) is 4.05. The van der Waals surface area contributed by atoms with E-state index < -0.39 is 5.54 Å². The van der Waals surface area contributed by atoms with E-state index in [1.807, 2.05) is 20.8 Å². The Morgan fingerprint density at radius 2 is 1.86 bits per heavy atom. The molecule has 1 aliphatic heterocycles. The van der Waals surface area contributed by atoms with Gasteiger partial charge in [0.2, 0.25) is 11.8 Å². The largest absolute Gasteiger partial charge is 0.378 e. The van der Waals surface area contributed by atoms with E-state index in [1.54, 1.807) is 4.90 Å². The van der Waals surface area contributed by atoms with Crippen molar-refractivity contribution in [2.45, 2.75) is 39.2 Å². The average Bonchev–Trinajstić information content (AvgIpc) is 2.45. The van der Waals surface area contributed by atoms with Crippen molar-refractivity contribution in [3.63, 3.8) is 0 Å². The standard InChI is InChI=1S/C14H27N3O3.ClH/c1-11(2)14(3,10-15)16-12(18)4-5-13(19)17-6-8-20-9-7-17;/h11H,4-10,15H2,1-3H3,(H,16,18);1H. The van der Waals surface area contributed by atoms with Crippen LogP contribution in [0.3, 0.4) is 0 Å². The Morgan fingerprint density at radius 3 is 2.33 bits per heavy atom. The lowest BCUT2D eigenvalue weighted by molar-refractivity contribution is -0.137. The maximum Gasteiger partial charge on any atom is 0.223 e. The molecule has 0 radical (unpaired) electrons. The van der Waals surface area contributed by atoms with E-state index in [-0.39, 0.29) is 43.0 Å². The van der Waals surface area contributed by atoms with Crippen LogP contribution in [-0.4, -0.2) is 55.1 Å². The van der Waals surface area contributed by atoms with E-state index in [2.05, 4.69) is 5.32 Å². The number of halogens is 1. The molecule has 21 heavy (non-hydrogen) atoms. The summed E-state index contributed by atoms with van der Waals surface area (Å²) in [5.41, 5.74) is 5.31. The predicted molar refractivity (Wildman–Crippen MR) is 84.3 cm³/mol. The van der Waals surface area contributed by atoms with Gasteiger partial charge in [-0.2, -0.15) is 0 Å². The minimum Gasteiger partial charge on any atom is -0.378 e. The van der Waals surface area contributed by atoms with Gasteiger partial charge in [-0.25, -0.2) is 0 Å². The summed E-state index contributed by atoms with van der Waals surface area (Å²) in [6, 6.07) is 0. The van der Waals surface area contributed by atoms with Gasteiger partial charge in [0.15, 0.2) is 0 Å². The fourth-order valence-electron chi connectivity index (χ4n) is 2.00. The normalized spacial score (nSPS) is 17.9. The van der Waals surface area contributed by atoms with Crippen molar-refractivity contribution in [3.8, 4) is 0 Å². The summed E-state index contributed by atoms with van der Waals surface area (Å²) >= 11 is 0. The third-order valence-corrected chi connectivity index (χ3v) is 4.05. The summed E-state index contributed by atoms with van der Waals surface area (Å²) in [7, 11) is 0. The van der Waals surface area contributed by atoms with Crippen LogP contribution in [-0.2, 0) is 14.3 Å². The van der Waals surface area contributed by atoms with Gasteiger partial charge in [0.1, 0.15) is 0 Å². The van der Waals surface area contributed by atoms with Crippen molar-refractivity contribution in [2.24, 2.45) is 11.7 Å². The zero-order valence-corrected chi connectivity index (χ0v) is 14.0. The number of ether oxygens (including phenoxy) is 1. The molecule has 2 amide bonds. The van der Waals surface area contributed by atoms with Gasteiger partial charge in [-0.15, -0.1) is 12.4 Å². The second-order valence-electron chi connectivity index (χ2n) is 5.82. The van der Waals surface area contributed by atoms with Gasteiger partial charge >= 0.3 is 0 Å². The van der Waals surface area contributed by atoms with Crippen LogP contribution in [0.25, 0.3) is 0 Å². The number of hydrogen-bond acceptors (Lipinski definition) is 4. The highest BCUT2D eigenvalue weighted by molar-refractivity contribution is 5.85. The van der Waals surface area contributed by atoms with Crippen molar-refractivity contribution < 1.29 is 14.3 Å². The Kier molecular flexibility index (Phi) is 8.85. The van der Waals surface area contributed by atoms with Crippen LogP contribution in [0.5, 0.6) is 0 Å². The monoisotopic (exact) mass is 321 g/mol. The maximum absolute atomic E-state index is 11.9. The molecule has 6 nitrogen and oxygen atoms in total. The molecule has 0 spiro atoms. The fraction of sp³-hybridized carbons (Fsp3) is 0.857. The van der Waals surface area contributed by atoms with E-state index in [1.165, 1.54) is 0 Å². The molecule has 1 aliphatic rings. The number of nitrogens with two attached hydrogens (primary N) is 1. The van der Waals surface area contributed by atoms with Crippen molar-refractivity contribution in [3.05, 3.63) is 0 Å². The first kappa shape index (κ1) is 20.1. The van der Waals surface area contributed by atoms with Crippen LogP contribution in [0.4, 0.5) is 0 Å². The quantitative estimate of drug-likeness (QED) is 0.747.